The summed E-state index contributed by atoms with van der Waals surface area (Å²) in [6, 6.07) is 6.29. The molecule has 0 aliphatic carbocycles. The molecule has 2 aliphatic heterocycles. The molecule has 0 radical (unpaired) electrons. The average molecular weight is 279 g/mol. The number of aromatic carboxylic acids is 1. The maximum atomic E-state index is 11.9. The van der Waals surface area contributed by atoms with Crippen LogP contribution in [0.25, 0.3) is 0 Å². The third-order valence-electron chi connectivity index (χ3n) is 3.46. The van der Waals surface area contributed by atoms with Gasteiger partial charge in [-0.3, -0.25) is 4.90 Å². The van der Waals surface area contributed by atoms with Crippen molar-refractivity contribution in [2.24, 2.45) is 0 Å². The molecule has 5 nitrogen and oxygen atoms in total. The zero-order valence-corrected chi connectivity index (χ0v) is 11.0. The highest BCUT2D eigenvalue weighted by Gasteiger charge is 2.47. The van der Waals surface area contributed by atoms with Gasteiger partial charge < -0.3 is 9.84 Å². The molecule has 1 N–H and O–H groups in total. The first-order valence-corrected chi connectivity index (χ1v) is 7.17. The predicted octanol–water partition coefficient (Wildman–Crippen LogP) is 2.22. The lowest BCUT2D eigenvalue weighted by atomic mass is 10.0. The molecular weight excluding hydrogens is 266 g/mol. The van der Waals surface area contributed by atoms with Gasteiger partial charge in [0, 0.05) is 11.4 Å². The summed E-state index contributed by atoms with van der Waals surface area (Å²) < 4.78 is 5.50. The topological polar surface area (TPSA) is 66.8 Å². The number of carboxylic acid groups (broad SMARTS) is 1. The Hall–Kier alpha value is -1.69. The molecule has 1 atom stereocenters. The van der Waals surface area contributed by atoms with Gasteiger partial charge in [0.15, 0.2) is 0 Å². The van der Waals surface area contributed by atoms with Crippen LogP contribution in [0.1, 0.15) is 16.8 Å². The summed E-state index contributed by atoms with van der Waals surface area (Å²) in [5.41, 5.74) is 0.541. The summed E-state index contributed by atoms with van der Waals surface area (Å²) in [6.07, 6.45) is 0.540. The van der Waals surface area contributed by atoms with Crippen molar-refractivity contribution in [3.05, 3.63) is 29.8 Å². The third kappa shape index (κ3) is 2.16. The van der Waals surface area contributed by atoms with Crippen LogP contribution in [0.4, 0.5) is 10.5 Å². The first-order chi connectivity index (χ1) is 9.10. The van der Waals surface area contributed by atoms with Crippen molar-refractivity contribution in [2.75, 3.05) is 23.0 Å². The van der Waals surface area contributed by atoms with Crippen LogP contribution in [-0.4, -0.2) is 40.8 Å². The normalized spacial score (nSPS) is 25.9. The summed E-state index contributed by atoms with van der Waals surface area (Å²) in [6.45, 7) is 0.547. The number of hydrogen-bond donors (Lipinski definition) is 1. The quantitative estimate of drug-likeness (QED) is 0.899. The summed E-state index contributed by atoms with van der Waals surface area (Å²) >= 11 is 1.79. The molecule has 1 aromatic rings. The van der Waals surface area contributed by atoms with Gasteiger partial charge in [0.1, 0.15) is 5.60 Å². The molecule has 19 heavy (non-hydrogen) atoms. The minimum atomic E-state index is -0.973. The Balaban J connectivity index is 1.82. The number of carbonyl (C=O) groups is 2. The van der Waals surface area contributed by atoms with Gasteiger partial charge in [-0.05, 0) is 36.4 Å². The van der Waals surface area contributed by atoms with Crippen LogP contribution >= 0.6 is 11.8 Å². The standard InChI is InChI=1S/C13H13NO4S/c15-11(16)9-1-3-10(4-2-9)14-7-13(18-12(14)17)5-6-19-8-13/h1-4H,5-8H2,(H,15,16). The van der Waals surface area contributed by atoms with Crippen molar-refractivity contribution in [3.63, 3.8) is 0 Å². The van der Waals surface area contributed by atoms with Gasteiger partial charge in [-0.15, -0.1) is 0 Å². The van der Waals surface area contributed by atoms with Crippen LogP contribution in [0, 0.1) is 0 Å². The molecule has 6 heteroatoms. The van der Waals surface area contributed by atoms with E-state index in [1.54, 1.807) is 28.8 Å². The number of carbonyl (C=O) groups excluding carboxylic acids is 1. The molecule has 1 aromatic carbocycles. The van der Waals surface area contributed by atoms with Crippen molar-refractivity contribution >= 4 is 29.5 Å². The number of carboxylic acids is 1. The Morgan fingerprint density at radius 1 is 1.37 bits per heavy atom. The highest BCUT2D eigenvalue weighted by atomic mass is 32.2. The van der Waals surface area contributed by atoms with Crippen LogP contribution in [0.3, 0.4) is 0 Å². The van der Waals surface area contributed by atoms with Crippen molar-refractivity contribution in [1.29, 1.82) is 0 Å². The molecule has 1 amide bonds. The smallest absolute Gasteiger partial charge is 0.415 e. The first-order valence-electron chi connectivity index (χ1n) is 6.01. The van der Waals surface area contributed by atoms with Gasteiger partial charge in [-0.2, -0.15) is 11.8 Å². The molecule has 2 heterocycles. The summed E-state index contributed by atoms with van der Waals surface area (Å²) in [5.74, 6) is 0.876. The third-order valence-corrected chi connectivity index (χ3v) is 4.69. The van der Waals surface area contributed by atoms with Gasteiger partial charge in [0.05, 0.1) is 12.1 Å². The number of ether oxygens (including phenoxy) is 1. The number of anilines is 1. The van der Waals surface area contributed by atoms with Crippen LogP contribution < -0.4 is 4.90 Å². The van der Waals surface area contributed by atoms with E-state index in [4.69, 9.17) is 9.84 Å². The van der Waals surface area contributed by atoms with Crippen molar-refractivity contribution in [3.8, 4) is 0 Å². The minimum Gasteiger partial charge on any atom is -0.478 e. The van der Waals surface area contributed by atoms with Crippen LogP contribution in [0.2, 0.25) is 0 Å². The number of benzene rings is 1. The summed E-state index contributed by atoms with van der Waals surface area (Å²) in [4.78, 5) is 24.3. The lowest BCUT2D eigenvalue weighted by Crippen LogP contribution is -2.34. The molecule has 1 spiro atoms. The van der Waals surface area contributed by atoms with E-state index in [9.17, 15) is 9.59 Å². The molecule has 0 aromatic heterocycles. The lowest BCUT2D eigenvalue weighted by molar-refractivity contribution is 0.0696. The molecule has 100 valence electrons. The Morgan fingerprint density at radius 2 is 2.11 bits per heavy atom. The zero-order chi connectivity index (χ0) is 13.5. The molecule has 2 fully saturated rings. The van der Waals surface area contributed by atoms with E-state index in [2.05, 4.69) is 0 Å². The van der Waals surface area contributed by atoms with Crippen LogP contribution in [0.15, 0.2) is 24.3 Å². The predicted molar refractivity (Wildman–Crippen MR) is 71.9 cm³/mol. The van der Waals surface area contributed by atoms with E-state index in [1.807, 2.05) is 0 Å². The maximum Gasteiger partial charge on any atom is 0.415 e. The Kier molecular flexibility index (Phi) is 2.89. The van der Waals surface area contributed by atoms with Crippen molar-refractivity contribution < 1.29 is 19.4 Å². The van der Waals surface area contributed by atoms with Gasteiger partial charge in [-0.25, -0.2) is 9.59 Å². The Morgan fingerprint density at radius 3 is 2.68 bits per heavy atom. The second kappa shape index (κ2) is 4.45. The molecule has 3 rings (SSSR count). The molecule has 0 bridgehead atoms. The summed E-state index contributed by atoms with van der Waals surface area (Å²) in [5, 5.41) is 8.85. The van der Waals surface area contributed by atoms with Gasteiger partial charge in [0.2, 0.25) is 0 Å². The second-order valence-electron chi connectivity index (χ2n) is 4.79. The fraction of sp³-hybridized carbons (Fsp3) is 0.385. The van der Waals surface area contributed by atoms with E-state index >= 15 is 0 Å². The van der Waals surface area contributed by atoms with Crippen molar-refractivity contribution in [1.82, 2.24) is 0 Å². The molecule has 2 aliphatic rings. The first kappa shape index (κ1) is 12.3. The molecule has 1 unspecified atom stereocenters. The Bertz CT molecular complexity index is 522. The molecular formula is C13H13NO4S. The van der Waals surface area contributed by atoms with Gasteiger partial charge in [-0.1, -0.05) is 0 Å². The second-order valence-corrected chi connectivity index (χ2v) is 5.90. The fourth-order valence-electron chi connectivity index (χ4n) is 2.40. The lowest BCUT2D eigenvalue weighted by Gasteiger charge is -2.19. The number of thioether (sulfide) groups is 1. The molecule has 0 saturated carbocycles. The van der Waals surface area contributed by atoms with Gasteiger partial charge >= 0.3 is 12.1 Å². The number of amides is 1. The molecule has 2 saturated heterocycles. The largest absolute Gasteiger partial charge is 0.478 e. The number of rotatable bonds is 2. The van der Waals surface area contributed by atoms with E-state index in [1.165, 1.54) is 12.1 Å². The van der Waals surface area contributed by atoms with Crippen LogP contribution in [-0.2, 0) is 4.74 Å². The highest BCUT2D eigenvalue weighted by Crippen LogP contribution is 2.38. The van der Waals surface area contributed by atoms with E-state index in [0.717, 1.165) is 17.9 Å². The number of hydrogen-bond acceptors (Lipinski definition) is 4. The fourth-order valence-corrected chi connectivity index (χ4v) is 3.73. The Labute approximate surface area is 114 Å². The van der Waals surface area contributed by atoms with E-state index in [-0.39, 0.29) is 17.3 Å². The maximum absolute atomic E-state index is 11.9. The van der Waals surface area contributed by atoms with Crippen molar-refractivity contribution in [2.45, 2.75) is 12.0 Å². The van der Waals surface area contributed by atoms with E-state index < -0.39 is 5.97 Å². The average Bonchev–Trinajstić information content (AvgIpc) is 2.97. The van der Waals surface area contributed by atoms with E-state index in [0.29, 0.717) is 12.2 Å². The minimum absolute atomic E-state index is 0.211. The monoisotopic (exact) mass is 279 g/mol. The summed E-state index contributed by atoms with van der Waals surface area (Å²) in [7, 11) is 0. The van der Waals surface area contributed by atoms with Crippen LogP contribution in [0.5, 0.6) is 0 Å². The number of nitrogens with zero attached hydrogens (tertiary/aromatic N) is 1. The highest BCUT2D eigenvalue weighted by molar-refractivity contribution is 7.99. The van der Waals surface area contributed by atoms with Gasteiger partial charge in [0.25, 0.3) is 0 Å². The zero-order valence-electron chi connectivity index (χ0n) is 10.2. The SMILES string of the molecule is O=C(O)c1ccc(N2CC3(CCSC3)OC2=O)cc1.